The normalized spacial score (nSPS) is 15.2. The first-order valence-corrected chi connectivity index (χ1v) is 19.6. The Morgan fingerprint density at radius 1 is 0.529 bits per heavy atom. The maximum absolute atomic E-state index is 6.42. The van der Waals surface area contributed by atoms with Gasteiger partial charge in [0.2, 0.25) is 0 Å². The maximum Gasteiger partial charge on any atom is 0.173 e. The molecule has 0 saturated heterocycles. The standard InChI is InChI=1S/C11H32O2Si4/c1-14(2,3)12-16(7,8)11-17(9,10)13-15(4,5)6/h11H2,1-10H3. The molecule has 0 aliphatic rings. The molecule has 0 aromatic rings. The molecule has 6 heteroatoms. The van der Waals surface area contributed by atoms with Gasteiger partial charge in [-0.2, -0.15) is 0 Å². The topological polar surface area (TPSA) is 18.5 Å². The Morgan fingerprint density at radius 3 is 0.941 bits per heavy atom. The second kappa shape index (κ2) is 5.42. The zero-order valence-electron chi connectivity index (χ0n) is 13.5. The van der Waals surface area contributed by atoms with Crippen molar-refractivity contribution < 1.29 is 8.23 Å². The van der Waals surface area contributed by atoms with E-state index in [1.54, 1.807) is 0 Å². The van der Waals surface area contributed by atoms with E-state index in [0.29, 0.717) is 0 Å². The lowest BCUT2D eigenvalue weighted by Gasteiger charge is -2.39. The van der Waals surface area contributed by atoms with Crippen LogP contribution in [0.25, 0.3) is 0 Å². The van der Waals surface area contributed by atoms with E-state index < -0.39 is 33.3 Å². The molecular formula is C11H32O2Si4. The van der Waals surface area contributed by atoms with Gasteiger partial charge >= 0.3 is 0 Å². The molecule has 17 heavy (non-hydrogen) atoms. The SMILES string of the molecule is C[Si](C)(C)O[Si](C)(C)C[Si](C)(C)O[Si](C)(C)C. The van der Waals surface area contributed by atoms with E-state index in [0.717, 1.165) is 0 Å². The zero-order chi connectivity index (χ0) is 14.1. The van der Waals surface area contributed by atoms with E-state index in [9.17, 15) is 0 Å². The first-order valence-electron chi connectivity index (χ1n) is 6.52. The minimum Gasteiger partial charge on any atom is -0.456 e. The first-order chi connectivity index (χ1) is 7.12. The summed E-state index contributed by atoms with van der Waals surface area (Å²) in [5, 5.41) is 0. The van der Waals surface area contributed by atoms with Gasteiger partial charge in [0, 0.05) is 0 Å². The fourth-order valence-electron chi connectivity index (χ4n) is 2.76. The highest BCUT2D eigenvalue weighted by Gasteiger charge is 2.39. The molecule has 2 nitrogen and oxygen atoms in total. The Kier molecular flexibility index (Phi) is 5.67. The van der Waals surface area contributed by atoms with Crippen molar-refractivity contribution in [2.75, 3.05) is 0 Å². The van der Waals surface area contributed by atoms with Crippen LogP contribution in [-0.4, -0.2) is 33.3 Å². The van der Waals surface area contributed by atoms with Crippen molar-refractivity contribution in [3.05, 3.63) is 0 Å². The minimum atomic E-state index is -1.55. The number of rotatable bonds is 6. The molecule has 0 rings (SSSR count). The Balaban J connectivity index is 4.59. The van der Waals surface area contributed by atoms with E-state index in [4.69, 9.17) is 8.23 Å². The van der Waals surface area contributed by atoms with E-state index in [2.05, 4.69) is 65.5 Å². The number of hydrogen-bond donors (Lipinski definition) is 0. The van der Waals surface area contributed by atoms with Gasteiger partial charge in [-0.15, -0.1) is 0 Å². The molecule has 0 fully saturated rings. The monoisotopic (exact) mass is 308 g/mol. The van der Waals surface area contributed by atoms with Gasteiger partial charge in [0.05, 0.1) is 0 Å². The van der Waals surface area contributed by atoms with Gasteiger partial charge in [0.15, 0.2) is 33.3 Å². The predicted octanol–water partition coefficient (Wildman–Crippen LogP) is 4.64. The average Bonchev–Trinajstić information content (AvgIpc) is 1.65. The lowest BCUT2D eigenvalue weighted by atomic mass is 11.8. The second-order valence-corrected chi connectivity index (χ2v) is 26.7. The summed E-state index contributed by atoms with van der Waals surface area (Å²) in [6.07, 6.45) is 0. The van der Waals surface area contributed by atoms with E-state index >= 15 is 0 Å². The molecule has 0 heterocycles. The molecule has 0 aromatic carbocycles. The van der Waals surface area contributed by atoms with Crippen molar-refractivity contribution >= 4 is 33.3 Å². The van der Waals surface area contributed by atoms with Gasteiger partial charge in [-0.1, -0.05) is 0 Å². The average molecular weight is 309 g/mol. The summed E-state index contributed by atoms with van der Waals surface area (Å²) < 4.78 is 12.8. The van der Waals surface area contributed by atoms with Crippen molar-refractivity contribution in [1.29, 1.82) is 0 Å². The van der Waals surface area contributed by atoms with Crippen LogP contribution in [0, 0.1) is 0 Å². The highest BCUT2D eigenvalue weighted by atomic mass is 28.5. The van der Waals surface area contributed by atoms with Gasteiger partial charge < -0.3 is 8.23 Å². The van der Waals surface area contributed by atoms with Crippen LogP contribution in [0.4, 0.5) is 0 Å². The number of hydrogen-bond acceptors (Lipinski definition) is 2. The predicted molar refractivity (Wildman–Crippen MR) is 88.6 cm³/mol. The fourth-order valence-corrected chi connectivity index (χ4v) is 26.1. The summed E-state index contributed by atoms with van der Waals surface area (Å²) in [7, 11) is -5.93. The molecule has 0 spiro atoms. The van der Waals surface area contributed by atoms with Crippen LogP contribution in [0.15, 0.2) is 0 Å². The van der Waals surface area contributed by atoms with Gasteiger partial charge in [-0.25, -0.2) is 0 Å². The summed E-state index contributed by atoms with van der Waals surface area (Å²) in [5.41, 5.74) is 1.22. The summed E-state index contributed by atoms with van der Waals surface area (Å²) in [6.45, 7) is 23.1. The van der Waals surface area contributed by atoms with Crippen LogP contribution in [-0.2, 0) is 8.23 Å². The second-order valence-electron chi connectivity index (χ2n) is 8.13. The Bertz CT molecular complexity index is 225. The van der Waals surface area contributed by atoms with Crippen molar-refractivity contribution in [3.8, 4) is 0 Å². The highest BCUT2D eigenvalue weighted by Crippen LogP contribution is 2.27. The van der Waals surface area contributed by atoms with Crippen LogP contribution in [0.3, 0.4) is 0 Å². The molecule has 0 aromatic heterocycles. The zero-order valence-corrected chi connectivity index (χ0v) is 17.5. The maximum atomic E-state index is 6.42. The molecule has 0 saturated carbocycles. The Hall–Kier alpha value is 0.788. The summed E-state index contributed by atoms with van der Waals surface area (Å²) in [6, 6.07) is 0. The third kappa shape index (κ3) is 10.4. The van der Waals surface area contributed by atoms with Crippen molar-refractivity contribution in [1.82, 2.24) is 0 Å². The minimum absolute atomic E-state index is 1.22. The largest absolute Gasteiger partial charge is 0.456 e. The van der Waals surface area contributed by atoms with Gasteiger partial charge in [0.25, 0.3) is 0 Å². The van der Waals surface area contributed by atoms with Gasteiger partial charge in [-0.05, 0) is 71.1 Å². The molecule has 0 bridgehead atoms. The van der Waals surface area contributed by atoms with E-state index in [1.807, 2.05) is 0 Å². The van der Waals surface area contributed by atoms with Gasteiger partial charge in [-0.3, -0.25) is 0 Å². The molecule has 0 N–H and O–H groups in total. The van der Waals surface area contributed by atoms with Crippen LogP contribution < -0.4 is 0 Å². The van der Waals surface area contributed by atoms with Crippen LogP contribution in [0.1, 0.15) is 0 Å². The van der Waals surface area contributed by atoms with Crippen LogP contribution >= 0.6 is 0 Å². The third-order valence-corrected chi connectivity index (χ3v) is 18.1. The third-order valence-electron chi connectivity index (χ3n) is 2.02. The Labute approximate surface area is 113 Å². The van der Waals surface area contributed by atoms with E-state index in [-0.39, 0.29) is 0 Å². The Morgan fingerprint density at radius 2 is 0.765 bits per heavy atom. The first kappa shape index (κ1) is 17.8. The quantitative estimate of drug-likeness (QED) is 0.666. The van der Waals surface area contributed by atoms with Crippen LogP contribution in [0.5, 0.6) is 0 Å². The summed E-state index contributed by atoms with van der Waals surface area (Å²) in [4.78, 5) is 0. The molecule has 0 radical (unpaired) electrons. The lowest BCUT2D eigenvalue weighted by molar-refractivity contribution is 0.531. The molecule has 0 atom stereocenters. The van der Waals surface area contributed by atoms with Gasteiger partial charge in [0.1, 0.15) is 0 Å². The van der Waals surface area contributed by atoms with Crippen molar-refractivity contribution in [2.24, 2.45) is 0 Å². The van der Waals surface area contributed by atoms with Crippen LogP contribution in [0.2, 0.25) is 71.1 Å². The van der Waals surface area contributed by atoms with E-state index in [1.165, 1.54) is 5.67 Å². The summed E-state index contributed by atoms with van der Waals surface area (Å²) in [5.74, 6) is 0. The van der Waals surface area contributed by atoms with Crippen molar-refractivity contribution in [3.63, 3.8) is 0 Å². The smallest absolute Gasteiger partial charge is 0.173 e. The summed E-state index contributed by atoms with van der Waals surface area (Å²) >= 11 is 0. The molecule has 0 unspecified atom stereocenters. The fraction of sp³-hybridized carbons (Fsp3) is 1.00. The van der Waals surface area contributed by atoms with Crippen molar-refractivity contribution in [2.45, 2.75) is 71.1 Å². The lowest BCUT2D eigenvalue weighted by Crippen LogP contribution is -2.52. The molecule has 0 aliphatic heterocycles. The molecule has 0 amide bonds. The molecule has 104 valence electrons. The highest BCUT2D eigenvalue weighted by molar-refractivity contribution is 6.96. The molecular weight excluding hydrogens is 276 g/mol. The molecule has 0 aliphatic carbocycles.